The largest absolute Gasteiger partial charge is 0.347 e. The molecule has 1 unspecified atom stereocenters. The topological polar surface area (TPSA) is 48.5 Å². The van der Waals surface area contributed by atoms with Gasteiger partial charge in [0.2, 0.25) is 5.91 Å². The number of nitrogens with zero attached hydrogens (tertiary/aromatic N) is 3. The van der Waals surface area contributed by atoms with Crippen LogP contribution in [0.5, 0.6) is 0 Å². The average Bonchev–Trinajstić information content (AvgIpc) is 3.03. The first-order valence-electron chi connectivity index (χ1n) is 8.19. The number of carbonyl (C=O) groups is 1. The van der Waals surface area contributed by atoms with Gasteiger partial charge in [0, 0.05) is 37.8 Å². The van der Waals surface area contributed by atoms with E-state index in [1.165, 1.54) is 0 Å². The Hall–Kier alpha value is -1.34. The van der Waals surface area contributed by atoms with Gasteiger partial charge in [-0.25, -0.2) is 4.98 Å². The molecule has 134 valence electrons. The number of carbonyl (C=O) groups excluding carboxylic acids is 1. The van der Waals surface area contributed by atoms with E-state index >= 15 is 0 Å². The molecule has 1 aliphatic heterocycles. The van der Waals surface area contributed by atoms with Crippen LogP contribution in [-0.4, -0.2) is 48.0 Å². The molecule has 25 heavy (non-hydrogen) atoms. The number of hydrogen-bond donors (Lipinski definition) is 1. The first-order valence-corrected chi connectivity index (χ1v) is 9.83. The standard InChI is InChI=1S/C17H20Cl2N4OS/c1-12(16(24)21-14-5-2-4-13(18)15(14)19)22-7-3-8-23(10-9-22)17-20-6-11-25-17/h2,4-6,11-12H,3,7-10H2,1H3,(H,21,24). The Balaban J connectivity index is 1.61. The molecule has 0 aliphatic carbocycles. The Morgan fingerprint density at radius 3 is 2.88 bits per heavy atom. The van der Waals surface area contributed by atoms with Crippen molar-refractivity contribution in [1.29, 1.82) is 0 Å². The van der Waals surface area contributed by atoms with Crippen molar-refractivity contribution in [2.75, 3.05) is 36.4 Å². The van der Waals surface area contributed by atoms with Gasteiger partial charge in [-0.3, -0.25) is 9.69 Å². The summed E-state index contributed by atoms with van der Waals surface area (Å²) in [5.74, 6) is -0.0770. The second kappa shape index (κ2) is 8.36. The van der Waals surface area contributed by atoms with Gasteiger partial charge >= 0.3 is 0 Å². The highest BCUT2D eigenvalue weighted by molar-refractivity contribution is 7.13. The summed E-state index contributed by atoms with van der Waals surface area (Å²) in [4.78, 5) is 21.5. The zero-order chi connectivity index (χ0) is 17.8. The van der Waals surface area contributed by atoms with Crippen molar-refractivity contribution in [3.8, 4) is 0 Å². The summed E-state index contributed by atoms with van der Waals surface area (Å²) in [6.07, 6.45) is 2.82. The molecule has 2 aromatic rings. The van der Waals surface area contributed by atoms with Crippen LogP contribution in [0.15, 0.2) is 29.8 Å². The van der Waals surface area contributed by atoms with Gasteiger partial charge in [-0.15, -0.1) is 11.3 Å². The molecule has 0 bridgehead atoms. The number of thiazole rings is 1. The molecule has 3 rings (SSSR count). The fourth-order valence-electron chi connectivity index (χ4n) is 2.89. The molecule has 1 fully saturated rings. The van der Waals surface area contributed by atoms with Crippen LogP contribution in [0.2, 0.25) is 10.0 Å². The zero-order valence-corrected chi connectivity index (χ0v) is 16.2. The van der Waals surface area contributed by atoms with Crippen molar-refractivity contribution in [2.45, 2.75) is 19.4 Å². The number of hydrogen-bond acceptors (Lipinski definition) is 5. The van der Waals surface area contributed by atoms with Gasteiger partial charge in [0.15, 0.2) is 5.13 Å². The number of nitrogens with one attached hydrogen (secondary N) is 1. The van der Waals surface area contributed by atoms with Crippen LogP contribution in [-0.2, 0) is 4.79 Å². The van der Waals surface area contributed by atoms with E-state index in [-0.39, 0.29) is 11.9 Å². The number of amides is 1. The van der Waals surface area contributed by atoms with E-state index in [0.29, 0.717) is 15.7 Å². The summed E-state index contributed by atoms with van der Waals surface area (Å²) in [5.41, 5.74) is 0.547. The fourth-order valence-corrected chi connectivity index (χ4v) is 3.94. The summed E-state index contributed by atoms with van der Waals surface area (Å²) >= 11 is 13.8. The van der Waals surface area contributed by atoms with Gasteiger partial charge in [0.1, 0.15) is 0 Å². The van der Waals surface area contributed by atoms with Gasteiger partial charge in [-0.05, 0) is 25.5 Å². The summed E-state index contributed by atoms with van der Waals surface area (Å²) in [6, 6.07) is 4.98. The fraction of sp³-hybridized carbons (Fsp3) is 0.412. The Morgan fingerprint density at radius 2 is 2.12 bits per heavy atom. The Morgan fingerprint density at radius 1 is 1.28 bits per heavy atom. The molecular formula is C17H20Cl2N4OS. The molecule has 1 atom stereocenters. The van der Waals surface area contributed by atoms with Crippen LogP contribution in [0.1, 0.15) is 13.3 Å². The predicted molar refractivity (Wildman–Crippen MR) is 105 cm³/mol. The van der Waals surface area contributed by atoms with E-state index in [9.17, 15) is 4.79 Å². The molecule has 1 aromatic carbocycles. The number of aromatic nitrogens is 1. The van der Waals surface area contributed by atoms with Crippen molar-refractivity contribution in [2.24, 2.45) is 0 Å². The molecular weight excluding hydrogens is 379 g/mol. The highest BCUT2D eigenvalue weighted by Crippen LogP contribution is 2.29. The third kappa shape index (κ3) is 4.44. The minimum absolute atomic E-state index is 0.0770. The molecule has 1 saturated heterocycles. The Labute approximate surface area is 161 Å². The summed E-state index contributed by atoms with van der Waals surface area (Å²) < 4.78 is 0. The van der Waals surface area contributed by atoms with E-state index in [2.05, 4.69) is 20.1 Å². The first kappa shape index (κ1) is 18.5. The highest BCUT2D eigenvalue weighted by atomic mass is 35.5. The van der Waals surface area contributed by atoms with Crippen LogP contribution in [0.25, 0.3) is 0 Å². The van der Waals surface area contributed by atoms with Gasteiger partial charge < -0.3 is 10.2 Å². The predicted octanol–water partition coefficient (Wildman–Crippen LogP) is 3.99. The molecule has 0 spiro atoms. The molecule has 5 nitrogen and oxygen atoms in total. The van der Waals surface area contributed by atoms with E-state index in [1.807, 2.05) is 18.5 Å². The van der Waals surface area contributed by atoms with Crippen molar-refractivity contribution in [3.05, 3.63) is 39.8 Å². The zero-order valence-electron chi connectivity index (χ0n) is 13.9. The quantitative estimate of drug-likeness (QED) is 0.845. The molecule has 1 aromatic heterocycles. The number of halogens is 2. The van der Waals surface area contributed by atoms with Crippen molar-refractivity contribution >= 4 is 51.3 Å². The minimum Gasteiger partial charge on any atom is -0.347 e. The third-order valence-corrected chi connectivity index (χ3v) is 6.01. The van der Waals surface area contributed by atoms with Crippen molar-refractivity contribution in [3.63, 3.8) is 0 Å². The monoisotopic (exact) mass is 398 g/mol. The molecule has 8 heteroatoms. The molecule has 2 heterocycles. The second-order valence-electron chi connectivity index (χ2n) is 5.96. The first-order chi connectivity index (χ1) is 12.1. The van der Waals surface area contributed by atoms with E-state index < -0.39 is 0 Å². The average molecular weight is 399 g/mol. The van der Waals surface area contributed by atoms with Gasteiger partial charge in [-0.1, -0.05) is 29.3 Å². The van der Waals surface area contributed by atoms with E-state index in [0.717, 1.165) is 37.7 Å². The summed E-state index contributed by atoms with van der Waals surface area (Å²) in [7, 11) is 0. The molecule has 1 aliphatic rings. The SMILES string of the molecule is CC(C(=O)Nc1cccc(Cl)c1Cl)N1CCCN(c2nccs2)CC1. The lowest BCUT2D eigenvalue weighted by atomic mass is 10.2. The van der Waals surface area contributed by atoms with Crippen molar-refractivity contribution < 1.29 is 4.79 Å². The van der Waals surface area contributed by atoms with Gasteiger partial charge in [-0.2, -0.15) is 0 Å². The number of rotatable bonds is 4. The van der Waals surface area contributed by atoms with Crippen LogP contribution in [0, 0.1) is 0 Å². The Kier molecular flexibility index (Phi) is 6.17. The molecule has 1 N–H and O–H groups in total. The smallest absolute Gasteiger partial charge is 0.241 e. The van der Waals surface area contributed by atoms with Crippen LogP contribution in [0.3, 0.4) is 0 Å². The van der Waals surface area contributed by atoms with E-state index in [4.69, 9.17) is 23.2 Å². The number of benzene rings is 1. The lowest BCUT2D eigenvalue weighted by Gasteiger charge is -2.27. The van der Waals surface area contributed by atoms with Gasteiger partial charge in [0.05, 0.1) is 21.8 Å². The number of anilines is 2. The molecule has 1 amide bonds. The summed E-state index contributed by atoms with van der Waals surface area (Å²) in [6.45, 7) is 5.44. The summed E-state index contributed by atoms with van der Waals surface area (Å²) in [5, 5.41) is 6.72. The highest BCUT2D eigenvalue weighted by Gasteiger charge is 2.25. The molecule has 0 radical (unpaired) electrons. The third-order valence-electron chi connectivity index (χ3n) is 4.36. The normalized spacial score (nSPS) is 17.2. The van der Waals surface area contributed by atoms with Crippen LogP contribution >= 0.6 is 34.5 Å². The van der Waals surface area contributed by atoms with E-state index in [1.54, 1.807) is 29.5 Å². The minimum atomic E-state index is -0.244. The Bertz CT molecular complexity index is 725. The van der Waals surface area contributed by atoms with Crippen LogP contribution in [0.4, 0.5) is 10.8 Å². The van der Waals surface area contributed by atoms with Crippen molar-refractivity contribution in [1.82, 2.24) is 9.88 Å². The molecule has 0 saturated carbocycles. The lowest BCUT2D eigenvalue weighted by Crippen LogP contribution is -2.44. The second-order valence-corrected chi connectivity index (χ2v) is 7.62. The van der Waals surface area contributed by atoms with Gasteiger partial charge in [0.25, 0.3) is 0 Å². The maximum absolute atomic E-state index is 12.6. The van der Waals surface area contributed by atoms with Crippen LogP contribution < -0.4 is 10.2 Å². The maximum Gasteiger partial charge on any atom is 0.241 e. The maximum atomic E-state index is 12.6. The lowest BCUT2D eigenvalue weighted by molar-refractivity contribution is -0.120.